The number of carbonyl (C=O) groups is 1. The third-order valence-corrected chi connectivity index (χ3v) is 3.25. The lowest BCUT2D eigenvalue weighted by molar-refractivity contribution is 0.0383. The van der Waals surface area contributed by atoms with Crippen molar-refractivity contribution in [2.45, 2.75) is 0 Å². The van der Waals surface area contributed by atoms with E-state index in [9.17, 15) is 4.79 Å². The number of pyridine rings is 1. The molecule has 1 aliphatic rings. The van der Waals surface area contributed by atoms with Crippen molar-refractivity contribution in [3.8, 4) is 0 Å². The average molecular weight is 314 g/mol. The lowest BCUT2D eigenvalue weighted by Crippen LogP contribution is -2.41. The monoisotopic (exact) mass is 313 g/mol. The van der Waals surface area contributed by atoms with Gasteiger partial charge >= 0.3 is 0 Å². The number of amides is 1. The number of hydrogen-bond donors (Lipinski definition) is 1. The fourth-order valence-corrected chi connectivity index (χ4v) is 1.99. The lowest BCUT2D eigenvalue weighted by Gasteiger charge is -2.26. The number of carbonyl (C=O) groups excluding carboxylic acids is 1. The van der Waals surface area contributed by atoms with E-state index in [1.165, 1.54) is 0 Å². The molecule has 2 rings (SSSR count). The maximum Gasteiger partial charge on any atom is 0.269 e. The summed E-state index contributed by atoms with van der Waals surface area (Å²) in [5.74, 6) is -0.129. The number of nitrogens with one attached hydrogen (secondary N) is 1. The molecule has 0 saturated carbocycles. The Morgan fingerprint density at radius 1 is 1.44 bits per heavy atom. The van der Waals surface area contributed by atoms with Crippen molar-refractivity contribution in [1.82, 2.24) is 15.2 Å². The molecule has 1 aromatic rings. The quantitative estimate of drug-likeness (QED) is 0.897. The summed E-state index contributed by atoms with van der Waals surface area (Å²) in [6.07, 6.45) is 1.62. The Morgan fingerprint density at radius 3 is 2.89 bits per heavy atom. The summed E-state index contributed by atoms with van der Waals surface area (Å²) in [6.45, 7) is 4.92. The first-order valence-corrected chi connectivity index (χ1v) is 6.75. The Balaban J connectivity index is 1.72. The normalized spacial score (nSPS) is 16.5. The van der Waals surface area contributed by atoms with E-state index in [2.05, 4.69) is 31.1 Å². The van der Waals surface area contributed by atoms with Crippen molar-refractivity contribution in [3.05, 3.63) is 28.5 Å². The van der Waals surface area contributed by atoms with Crippen LogP contribution in [0.3, 0.4) is 0 Å². The fourth-order valence-electron chi connectivity index (χ4n) is 1.75. The Hall–Kier alpha value is -0.980. The van der Waals surface area contributed by atoms with Gasteiger partial charge in [0.15, 0.2) is 0 Å². The highest BCUT2D eigenvalue weighted by atomic mass is 79.9. The van der Waals surface area contributed by atoms with Gasteiger partial charge in [0.2, 0.25) is 0 Å². The van der Waals surface area contributed by atoms with Crippen LogP contribution in [0.1, 0.15) is 10.5 Å². The first-order chi connectivity index (χ1) is 8.75. The van der Waals surface area contributed by atoms with E-state index in [4.69, 9.17) is 4.74 Å². The smallest absolute Gasteiger partial charge is 0.269 e. The number of nitrogens with zero attached hydrogens (tertiary/aromatic N) is 2. The fraction of sp³-hybridized carbons (Fsp3) is 0.500. The standard InChI is InChI=1S/C12H16BrN3O2/c13-10-1-2-11(15-9-10)12(17)14-3-4-16-5-7-18-8-6-16/h1-2,9H,3-8H2,(H,14,17). The molecule has 1 aromatic heterocycles. The third-order valence-electron chi connectivity index (χ3n) is 2.78. The number of morpholine rings is 1. The third kappa shape index (κ3) is 4.04. The maximum absolute atomic E-state index is 11.8. The molecule has 6 heteroatoms. The second kappa shape index (κ2) is 6.82. The minimum absolute atomic E-state index is 0.129. The molecule has 0 bridgehead atoms. The van der Waals surface area contributed by atoms with Crippen LogP contribution < -0.4 is 5.32 Å². The molecule has 1 fully saturated rings. The Morgan fingerprint density at radius 2 is 2.22 bits per heavy atom. The summed E-state index contributed by atoms with van der Waals surface area (Å²) in [5.41, 5.74) is 0.445. The number of aromatic nitrogens is 1. The highest BCUT2D eigenvalue weighted by Crippen LogP contribution is 2.07. The van der Waals surface area contributed by atoms with Crippen LogP contribution in [0.4, 0.5) is 0 Å². The van der Waals surface area contributed by atoms with Gasteiger partial charge < -0.3 is 10.1 Å². The van der Waals surface area contributed by atoms with Crippen LogP contribution in [0.15, 0.2) is 22.8 Å². The number of hydrogen-bond acceptors (Lipinski definition) is 4. The molecular weight excluding hydrogens is 298 g/mol. The van der Waals surface area contributed by atoms with Crippen LogP contribution in [0, 0.1) is 0 Å². The van der Waals surface area contributed by atoms with Gasteiger partial charge in [-0.2, -0.15) is 0 Å². The van der Waals surface area contributed by atoms with E-state index in [-0.39, 0.29) is 5.91 Å². The number of halogens is 1. The minimum Gasteiger partial charge on any atom is -0.379 e. The van der Waals surface area contributed by atoms with Gasteiger partial charge in [0.05, 0.1) is 13.2 Å². The van der Waals surface area contributed by atoms with Crippen LogP contribution >= 0.6 is 15.9 Å². The zero-order valence-electron chi connectivity index (χ0n) is 10.1. The molecule has 1 aliphatic heterocycles. The Bertz CT molecular complexity index is 391. The van der Waals surface area contributed by atoms with Crippen molar-refractivity contribution >= 4 is 21.8 Å². The molecule has 0 radical (unpaired) electrons. The van der Waals surface area contributed by atoms with Gasteiger partial charge in [-0.15, -0.1) is 0 Å². The van der Waals surface area contributed by atoms with Gasteiger partial charge in [0, 0.05) is 36.8 Å². The topological polar surface area (TPSA) is 54.5 Å². The van der Waals surface area contributed by atoms with Crippen LogP contribution in [0.25, 0.3) is 0 Å². The van der Waals surface area contributed by atoms with Crippen LogP contribution in [0.2, 0.25) is 0 Å². The highest BCUT2D eigenvalue weighted by Gasteiger charge is 2.11. The first kappa shape index (κ1) is 13.5. The van der Waals surface area contributed by atoms with Gasteiger partial charge in [-0.25, -0.2) is 4.98 Å². The summed E-state index contributed by atoms with van der Waals surface area (Å²) >= 11 is 3.29. The van der Waals surface area contributed by atoms with Gasteiger partial charge in [-0.3, -0.25) is 9.69 Å². The number of ether oxygens (including phenoxy) is 1. The first-order valence-electron chi connectivity index (χ1n) is 5.95. The average Bonchev–Trinajstić information content (AvgIpc) is 2.40. The molecule has 18 heavy (non-hydrogen) atoms. The predicted molar refractivity (Wildman–Crippen MR) is 71.5 cm³/mol. The van der Waals surface area contributed by atoms with Crippen molar-refractivity contribution in [3.63, 3.8) is 0 Å². The van der Waals surface area contributed by atoms with Crippen molar-refractivity contribution in [2.24, 2.45) is 0 Å². The summed E-state index contributed by atoms with van der Waals surface area (Å²) in [4.78, 5) is 18.1. The van der Waals surface area contributed by atoms with E-state index in [0.29, 0.717) is 12.2 Å². The van der Waals surface area contributed by atoms with E-state index in [1.807, 2.05) is 6.07 Å². The molecule has 0 atom stereocenters. The minimum atomic E-state index is -0.129. The van der Waals surface area contributed by atoms with E-state index in [0.717, 1.165) is 37.3 Å². The van der Waals surface area contributed by atoms with Gasteiger partial charge in [-0.1, -0.05) is 0 Å². The molecule has 1 saturated heterocycles. The van der Waals surface area contributed by atoms with E-state index in [1.54, 1.807) is 12.3 Å². The summed E-state index contributed by atoms with van der Waals surface area (Å²) in [5, 5.41) is 2.87. The van der Waals surface area contributed by atoms with Gasteiger partial charge in [-0.05, 0) is 28.1 Å². The Labute approximate surface area is 115 Å². The lowest BCUT2D eigenvalue weighted by atomic mass is 10.3. The molecule has 5 nitrogen and oxygen atoms in total. The molecule has 98 valence electrons. The molecule has 0 aromatic carbocycles. The molecule has 0 spiro atoms. The van der Waals surface area contributed by atoms with E-state index >= 15 is 0 Å². The van der Waals surface area contributed by atoms with Gasteiger partial charge in [0.25, 0.3) is 5.91 Å². The second-order valence-electron chi connectivity index (χ2n) is 4.07. The largest absolute Gasteiger partial charge is 0.379 e. The van der Waals surface area contributed by atoms with Crippen molar-refractivity contribution < 1.29 is 9.53 Å². The van der Waals surface area contributed by atoms with Gasteiger partial charge in [0.1, 0.15) is 5.69 Å². The summed E-state index contributed by atoms with van der Waals surface area (Å²) < 4.78 is 6.13. The van der Waals surface area contributed by atoms with E-state index < -0.39 is 0 Å². The summed E-state index contributed by atoms with van der Waals surface area (Å²) in [7, 11) is 0. The molecule has 2 heterocycles. The Kier molecular flexibility index (Phi) is 5.10. The van der Waals surface area contributed by atoms with Crippen LogP contribution in [-0.4, -0.2) is 55.2 Å². The number of rotatable bonds is 4. The maximum atomic E-state index is 11.8. The zero-order chi connectivity index (χ0) is 12.8. The molecule has 1 N–H and O–H groups in total. The molecule has 0 aliphatic carbocycles. The summed E-state index contributed by atoms with van der Waals surface area (Å²) in [6, 6.07) is 3.51. The molecule has 0 unspecified atom stereocenters. The highest BCUT2D eigenvalue weighted by molar-refractivity contribution is 9.10. The predicted octanol–water partition coefficient (Wildman–Crippen LogP) is 0.906. The second-order valence-corrected chi connectivity index (χ2v) is 4.99. The molecular formula is C12H16BrN3O2. The molecule has 1 amide bonds. The zero-order valence-corrected chi connectivity index (χ0v) is 11.6. The van der Waals surface area contributed by atoms with Crippen LogP contribution in [-0.2, 0) is 4.74 Å². The van der Waals surface area contributed by atoms with Crippen molar-refractivity contribution in [1.29, 1.82) is 0 Å². The van der Waals surface area contributed by atoms with Crippen molar-refractivity contribution in [2.75, 3.05) is 39.4 Å². The SMILES string of the molecule is O=C(NCCN1CCOCC1)c1ccc(Br)cn1. The van der Waals surface area contributed by atoms with Crippen LogP contribution in [0.5, 0.6) is 0 Å².